The average molecular weight is 844 g/mol. The van der Waals surface area contributed by atoms with Crippen LogP contribution in [0.15, 0.2) is 36.4 Å². The number of benzene rings is 1. The molecule has 4 amide bonds. The minimum absolute atomic E-state index is 0.0924. The number of rotatable bonds is 8. The molecule has 0 spiro atoms. The molecule has 3 aliphatic heterocycles. The second kappa shape index (κ2) is 15.2. The van der Waals surface area contributed by atoms with Crippen LogP contribution in [0.25, 0.3) is 10.8 Å². The number of carboxylic acid groups (broad SMARTS) is 1. The molecule has 7 rings (SSSR count). The summed E-state index contributed by atoms with van der Waals surface area (Å²) in [6.07, 6.45) is 4.55. The van der Waals surface area contributed by atoms with Crippen molar-refractivity contribution >= 4 is 44.6 Å². The van der Waals surface area contributed by atoms with Crippen molar-refractivity contribution in [2.24, 2.45) is 17.8 Å². The molecule has 4 heterocycles. The number of nitrogens with zero attached hydrogens (tertiary/aromatic N) is 3. The van der Waals surface area contributed by atoms with Gasteiger partial charge in [0.1, 0.15) is 35.0 Å². The van der Waals surface area contributed by atoms with Crippen molar-refractivity contribution in [1.82, 2.24) is 24.8 Å². The van der Waals surface area contributed by atoms with Crippen LogP contribution in [0.3, 0.4) is 0 Å². The standard InChI is InChI=1S/C42H55F2N5O9S/c1-24-12-7-8-13-26-22-42(26,37(52)47-59(55,56)40(5)17-18-40)46-34(50)31-21-27(58-35-29-15-10-9-14-28(29)33-30(45-35)16-11-19-57-33)23-48(31)36(51)32(25(2)20-24)49(38(53)54)39(3,4)41(6,43)44/h8-10,13-15,24-27,31-32H,7,11-12,16-23H2,1-6H3,(H,46,50)(H,47,52)(H,53,54)/b13-8-/t24-,25-,26-,27-,31+,32+,42-/m1/s1. The molecule has 2 aromatic rings. The summed E-state index contributed by atoms with van der Waals surface area (Å²) in [5.74, 6) is -6.67. The molecule has 3 fully saturated rings. The van der Waals surface area contributed by atoms with E-state index in [2.05, 4.69) is 10.0 Å². The van der Waals surface area contributed by atoms with E-state index in [4.69, 9.17) is 14.5 Å². The van der Waals surface area contributed by atoms with Crippen molar-refractivity contribution in [2.75, 3.05) is 13.2 Å². The number of halogens is 2. The van der Waals surface area contributed by atoms with Crippen LogP contribution in [0.5, 0.6) is 11.6 Å². The quantitative estimate of drug-likeness (QED) is 0.284. The number of pyridine rings is 1. The molecule has 2 saturated carbocycles. The van der Waals surface area contributed by atoms with Gasteiger partial charge in [-0.1, -0.05) is 44.2 Å². The van der Waals surface area contributed by atoms with E-state index in [9.17, 15) is 27.9 Å². The molecular weight excluding hydrogens is 789 g/mol. The molecule has 0 unspecified atom stereocenters. The van der Waals surface area contributed by atoms with Gasteiger partial charge in [0.25, 0.3) is 11.8 Å². The van der Waals surface area contributed by atoms with Crippen LogP contribution in [0.2, 0.25) is 0 Å². The van der Waals surface area contributed by atoms with Gasteiger partial charge in [0.05, 0.1) is 23.6 Å². The molecule has 0 bridgehead atoms. The molecule has 1 aromatic carbocycles. The van der Waals surface area contributed by atoms with Gasteiger partial charge in [-0.3, -0.25) is 24.0 Å². The first-order valence-corrected chi connectivity index (χ1v) is 22.1. The molecule has 5 aliphatic rings. The van der Waals surface area contributed by atoms with Crippen LogP contribution in [0.4, 0.5) is 13.6 Å². The number of aromatic nitrogens is 1. The minimum atomic E-state index is -4.09. The third-order valence-corrected chi connectivity index (χ3v) is 15.5. The molecule has 17 heteroatoms. The summed E-state index contributed by atoms with van der Waals surface area (Å²) in [4.78, 5) is 63.6. The smallest absolute Gasteiger partial charge is 0.408 e. The van der Waals surface area contributed by atoms with E-state index < -0.39 is 85.6 Å². The minimum Gasteiger partial charge on any atom is -0.491 e. The van der Waals surface area contributed by atoms with Crippen molar-refractivity contribution in [3.05, 3.63) is 42.1 Å². The van der Waals surface area contributed by atoms with E-state index in [-0.39, 0.29) is 31.2 Å². The van der Waals surface area contributed by atoms with Gasteiger partial charge in [-0.05, 0) is 90.0 Å². The van der Waals surface area contributed by atoms with E-state index in [1.54, 1.807) is 19.9 Å². The molecule has 7 atom stereocenters. The third kappa shape index (κ3) is 7.83. The Morgan fingerprint density at radius 1 is 1.12 bits per heavy atom. The van der Waals surface area contributed by atoms with E-state index in [0.717, 1.165) is 25.7 Å². The predicted molar refractivity (Wildman–Crippen MR) is 213 cm³/mol. The Kier molecular flexibility index (Phi) is 11.0. The fraction of sp³-hybridized carbons (Fsp3) is 0.643. The molecule has 3 N–H and O–H groups in total. The molecular formula is C42H55F2N5O9S. The normalized spacial score (nSPS) is 30.3. The van der Waals surface area contributed by atoms with E-state index >= 15 is 13.6 Å². The van der Waals surface area contributed by atoms with Crippen molar-refractivity contribution in [1.29, 1.82) is 0 Å². The fourth-order valence-electron chi connectivity index (χ4n) is 8.91. The summed E-state index contributed by atoms with van der Waals surface area (Å²) in [7, 11) is -4.09. The highest BCUT2D eigenvalue weighted by molar-refractivity contribution is 7.91. The van der Waals surface area contributed by atoms with Crippen LogP contribution in [0.1, 0.15) is 98.6 Å². The lowest BCUT2D eigenvalue weighted by molar-refractivity contribution is -0.156. The summed E-state index contributed by atoms with van der Waals surface area (Å²) >= 11 is 0. The predicted octanol–water partition coefficient (Wildman–Crippen LogP) is 5.58. The maximum Gasteiger partial charge on any atom is 0.408 e. The fourth-order valence-corrected chi connectivity index (χ4v) is 10.2. The lowest BCUT2D eigenvalue weighted by atomic mass is 9.84. The number of hydrogen-bond acceptors (Lipinski definition) is 9. The van der Waals surface area contributed by atoms with Crippen LogP contribution >= 0.6 is 0 Å². The monoisotopic (exact) mass is 843 g/mol. The number of aryl methyl sites for hydroxylation is 1. The Bertz CT molecular complexity index is 2170. The number of amides is 4. The number of ether oxygens (including phenoxy) is 2. The first kappa shape index (κ1) is 42.6. The van der Waals surface area contributed by atoms with Crippen molar-refractivity contribution in [3.63, 3.8) is 0 Å². The molecule has 1 saturated heterocycles. The number of sulfonamides is 1. The maximum atomic E-state index is 15.4. The van der Waals surface area contributed by atoms with Gasteiger partial charge in [0, 0.05) is 30.0 Å². The van der Waals surface area contributed by atoms with Gasteiger partial charge in [0.2, 0.25) is 27.7 Å². The van der Waals surface area contributed by atoms with Crippen LogP contribution < -0.4 is 19.5 Å². The second-order valence-electron chi connectivity index (χ2n) is 18.2. The summed E-state index contributed by atoms with van der Waals surface area (Å²) in [5.41, 5.74) is -3.34. The SMILES string of the molecule is C[C@@H]1CC/C=C\[C@@H]2C[C@@]2(C(=O)NS(=O)(=O)C2(C)CC2)NC(=O)[C@@H]2C[C@@H](Oc3nc4c(c5ccccc35)OCCC4)CN2C(=O)[C@@H](N(C(=O)O)C(C)(C)C(C)(F)F)[C@H](C)C1. The number of fused-ring (bicyclic) bond motifs is 5. The maximum absolute atomic E-state index is 15.4. The second-order valence-corrected chi connectivity index (χ2v) is 20.4. The Balaban J connectivity index is 1.30. The number of alkyl halides is 2. The molecule has 0 radical (unpaired) electrons. The van der Waals surface area contributed by atoms with Crippen molar-refractivity contribution in [3.8, 4) is 11.6 Å². The first-order chi connectivity index (χ1) is 27.6. The summed E-state index contributed by atoms with van der Waals surface area (Å²) in [6.45, 7) is 8.18. The number of hydrogen-bond donors (Lipinski definition) is 3. The highest BCUT2D eigenvalue weighted by Crippen LogP contribution is 2.48. The highest BCUT2D eigenvalue weighted by atomic mass is 32.2. The number of nitrogens with one attached hydrogen (secondary N) is 2. The van der Waals surface area contributed by atoms with E-state index in [1.165, 1.54) is 4.90 Å². The van der Waals surface area contributed by atoms with Crippen molar-refractivity contribution in [2.45, 2.75) is 139 Å². The first-order valence-electron chi connectivity index (χ1n) is 20.6. The molecule has 322 valence electrons. The topological polar surface area (TPSA) is 185 Å². The molecule has 1 aromatic heterocycles. The summed E-state index contributed by atoms with van der Waals surface area (Å²) in [5, 5.41) is 14.9. The van der Waals surface area contributed by atoms with Crippen LogP contribution in [-0.2, 0) is 30.8 Å². The van der Waals surface area contributed by atoms with Gasteiger partial charge in [-0.2, -0.15) is 0 Å². The van der Waals surface area contributed by atoms with Gasteiger partial charge < -0.3 is 24.8 Å². The number of carbonyl (C=O) groups is 4. The zero-order valence-corrected chi connectivity index (χ0v) is 35.2. The van der Waals surface area contributed by atoms with Crippen LogP contribution in [0, 0.1) is 17.8 Å². The Labute approximate surface area is 343 Å². The zero-order chi connectivity index (χ0) is 42.9. The molecule has 59 heavy (non-hydrogen) atoms. The molecule has 14 nitrogen and oxygen atoms in total. The molecule has 2 aliphatic carbocycles. The van der Waals surface area contributed by atoms with Gasteiger partial charge in [-0.15, -0.1) is 0 Å². The highest BCUT2D eigenvalue weighted by Gasteiger charge is 2.63. The van der Waals surface area contributed by atoms with Gasteiger partial charge in [-0.25, -0.2) is 27.0 Å². The van der Waals surface area contributed by atoms with Crippen molar-refractivity contribution < 1.29 is 51.0 Å². The zero-order valence-electron chi connectivity index (χ0n) is 34.4. The number of allylic oxidation sites excluding steroid dienone is 1. The third-order valence-electron chi connectivity index (χ3n) is 13.3. The largest absolute Gasteiger partial charge is 0.491 e. The summed E-state index contributed by atoms with van der Waals surface area (Å²) < 4.78 is 71.0. The Morgan fingerprint density at radius 3 is 2.47 bits per heavy atom. The van der Waals surface area contributed by atoms with Gasteiger partial charge >= 0.3 is 6.09 Å². The summed E-state index contributed by atoms with van der Waals surface area (Å²) in [6, 6.07) is 4.36. The lowest BCUT2D eigenvalue weighted by Crippen LogP contribution is -2.66. The van der Waals surface area contributed by atoms with E-state index in [1.807, 2.05) is 37.3 Å². The Morgan fingerprint density at radius 2 is 1.81 bits per heavy atom. The lowest BCUT2D eigenvalue weighted by Gasteiger charge is -2.47. The average Bonchev–Trinajstić information content (AvgIpc) is 4.04. The van der Waals surface area contributed by atoms with Crippen LogP contribution in [-0.4, -0.2) is 105 Å². The Hall–Kier alpha value is -4.54. The van der Waals surface area contributed by atoms with Gasteiger partial charge in [0.15, 0.2) is 0 Å². The number of carbonyl (C=O) groups excluding carboxylic acids is 3. The van der Waals surface area contributed by atoms with E-state index in [0.29, 0.717) is 73.8 Å².